The van der Waals surface area contributed by atoms with Crippen LogP contribution >= 0.6 is 0 Å². The van der Waals surface area contributed by atoms with Gasteiger partial charge in [0.2, 0.25) is 0 Å². The molecule has 2 atom stereocenters. The molecule has 110 valence electrons. The Balaban J connectivity index is 1.61. The molecule has 0 unspecified atom stereocenters. The predicted octanol–water partition coefficient (Wildman–Crippen LogP) is 1.63. The molecule has 20 heavy (non-hydrogen) atoms. The molecule has 0 saturated carbocycles. The Kier molecular flexibility index (Phi) is 3.45. The summed E-state index contributed by atoms with van der Waals surface area (Å²) in [6, 6.07) is 2.49. The van der Waals surface area contributed by atoms with Gasteiger partial charge in [0, 0.05) is 24.3 Å². The van der Waals surface area contributed by atoms with Gasteiger partial charge in [0.15, 0.2) is 0 Å². The van der Waals surface area contributed by atoms with Gasteiger partial charge in [-0.05, 0) is 38.8 Å². The maximum atomic E-state index is 12.4. The zero-order valence-electron chi connectivity index (χ0n) is 11.3. The predicted molar refractivity (Wildman–Crippen MR) is 68.5 cm³/mol. The summed E-state index contributed by atoms with van der Waals surface area (Å²) in [6.07, 6.45) is 5.32. The van der Waals surface area contributed by atoms with Crippen LogP contribution in [-0.4, -0.2) is 45.8 Å². The third kappa shape index (κ3) is 2.42. The van der Waals surface area contributed by atoms with Crippen LogP contribution in [0.3, 0.4) is 0 Å². The minimum atomic E-state index is -2.71. The van der Waals surface area contributed by atoms with Gasteiger partial charge in [0.05, 0.1) is 0 Å². The van der Waals surface area contributed by atoms with Crippen LogP contribution in [-0.2, 0) is 0 Å². The molecule has 1 N–H and O–H groups in total. The Morgan fingerprint density at radius 3 is 2.60 bits per heavy atom. The maximum Gasteiger partial charge on any atom is 0.333 e. The topological polar surface area (TPSA) is 50.2 Å². The summed E-state index contributed by atoms with van der Waals surface area (Å²) in [5.74, 6) is -0.363. The minimum absolute atomic E-state index is 0.0524. The smallest absolute Gasteiger partial charge is 0.333 e. The van der Waals surface area contributed by atoms with E-state index < -0.39 is 6.55 Å². The highest BCUT2D eigenvalue weighted by molar-refractivity contribution is 5.92. The van der Waals surface area contributed by atoms with Gasteiger partial charge in [0.25, 0.3) is 5.91 Å². The zero-order valence-corrected chi connectivity index (χ0v) is 11.3. The van der Waals surface area contributed by atoms with Gasteiger partial charge in [-0.1, -0.05) is 0 Å². The number of hydrogen-bond donors (Lipinski definition) is 1. The van der Waals surface area contributed by atoms with E-state index in [0.717, 1.165) is 19.0 Å². The van der Waals surface area contributed by atoms with Crippen LogP contribution in [0.15, 0.2) is 12.3 Å². The van der Waals surface area contributed by atoms with Gasteiger partial charge in [-0.25, -0.2) is 4.68 Å². The van der Waals surface area contributed by atoms with Crippen molar-refractivity contribution < 1.29 is 13.6 Å². The molecule has 0 aliphatic carbocycles. The summed E-state index contributed by atoms with van der Waals surface area (Å²) < 4.78 is 25.3. The number of nitrogens with one attached hydrogen (secondary N) is 1. The lowest BCUT2D eigenvalue weighted by atomic mass is 9.98. The van der Waals surface area contributed by atoms with Crippen LogP contribution in [0.5, 0.6) is 0 Å². The summed E-state index contributed by atoms with van der Waals surface area (Å²) in [4.78, 5) is 14.4. The molecular formula is C13H18F2N4O. The van der Waals surface area contributed by atoms with E-state index in [4.69, 9.17) is 0 Å². The molecule has 2 saturated heterocycles. The lowest BCUT2D eigenvalue weighted by Crippen LogP contribution is -2.48. The standard InChI is InChI=1S/C13H18F2N4O/c1-18-9-2-3-10(18)7-8(6-9)16-12(20)11-4-5-19(17-11)13(14)15/h4-5,8-10,13H,2-3,6-7H2,1H3,(H,16,20)/t9-,10-/m1/s1. The fourth-order valence-corrected chi connectivity index (χ4v) is 3.36. The van der Waals surface area contributed by atoms with Crippen molar-refractivity contribution in [3.8, 4) is 0 Å². The highest BCUT2D eigenvalue weighted by Crippen LogP contribution is 2.34. The molecule has 1 amide bonds. The Morgan fingerprint density at radius 2 is 2.05 bits per heavy atom. The number of fused-ring (bicyclic) bond motifs is 2. The van der Waals surface area contributed by atoms with E-state index in [-0.39, 0.29) is 17.6 Å². The van der Waals surface area contributed by atoms with Crippen molar-refractivity contribution in [2.24, 2.45) is 0 Å². The first kappa shape index (κ1) is 13.5. The van der Waals surface area contributed by atoms with Crippen molar-refractivity contribution in [3.05, 3.63) is 18.0 Å². The van der Waals surface area contributed by atoms with Gasteiger partial charge in [-0.3, -0.25) is 4.79 Å². The molecular weight excluding hydrogens is 266 g/mol. The number of aromatic nitrogens is 2. The van der Waals surface area contributed by atoms with Gasteiger partial charge in [0.1, 0.15) is 5.69 Å². The Morgan fingerprint density at radius 1 is 1.40 bits per heavy atom. The zero-order chi connectivity index (χ0) is 14.3. The van der Waals surface area contributed by atoms with E-state index in [9.17, 15) is 13.6 Å². The molecule has 7 heteroatoms. The molecule has 3 heterocycles. The second-order valence-corrected chi connectivity index (χ2v) is 5.65. The van der Waals surface area contributed by atoms with E-state index in [0.29, 0.717) is 16.8 Å². The maximum absolute atomic E-state index is 12.4. The highest BCUT2D eigenvalue weighted by atomic mass is 19.3. The number of hydrogen-bond acceptors (Lipinski definition) is 3. The summed E-state index contributed by atoms with van der Waals surface area (Å²) in [5, 5.41) is 6.51. The molecule has 1 aromatic heterocycles. The fraction of sp³-hybridized carbons (Fsp3) is 0.692. The first-order valence-corrected chi connectivity index (χ1v) is 6.90. The van der Waals surface area contributed by atoms with Gasteiger partial charge in [-0.2, -0.15) is 13.9 Å². The van der Waals surface area contributed by atoms with Crippen molar-refractivity contribution >= 4 is 5.91 Å². The van der Waals surface area contributed by atoms with Crippen molar-refractivity contribution in [2.75, 3.05) is 7.05 Å². The largest absolute Gasteiger partial charge is 0.348 e. The van der Waals surface area contributed by atoms with Crippen molar-refractivity contribution in [1.82, 2.24) is 20.0 Å². The number of carbonyl (C=O) groups is 1. The van der Waals surface area contributed by atoms with E-state index in [1.165, 1.54) is 18.9 Å². The molecule has 0 aromatic carbocycles. The number of nitrogens with zero attached hydrogens (tertiary/aromatic N) is 3. The van der Waals surface area contributed by atoms with Crippen LogP contribution in [0.25, 0.3) is 0 Å². The summed E-state index contributed by atoms with van der Waals surface area (Å²) in [6.45, 7) is -2.71. The number of carbonyl (C=O) groups excluding carboxylic acids is 1. The quantitative estimate of drug-likeness (QED) is 0.918. The van der Waals surface area contributed by atoms with Crippen LogP contribution in [0.1, 0.15) is 42.7 Å². The van der Waals surface area contributed by atoms with Crippen LogP contribution < -0.4 is 5.32 Å². The number of rotatable bonds is 3. The lowest BCUT2D eigenvalue weighted by molar-refractivity contribution is 0.0558. The summed E-state index contributed by atoms with van der Waals surface area (Å²) in [5.41, 5.74) is 0.0524. The number of amides is 1. The van der Waals surface area contributed by atoms with Crippen molar-refractivity contribution in [2.45, 2.75) is 50.4 Å². The third-order valence-corrected chi connectivity index (χ3v) is 4.47. The Hall–Kier alpha value is -1.50. The van der Waals surface area contributed by atoms with Gasteiger partial charge < -0.3 is 10.2 Å². The highest BCUT2D eigenvalue weighted by Gasteiger charge is 2.38. The fourth-order valence-electron chi connectivity index (χ4n) is 3.36. The first-order chi connectivity index (χ1) is 9.54. The van der Waals surface area contributed by atoms with Crippen molar-refractivity contribution in [1.29, 1.82) is 0 Å². The number of alkyl halides is 2. The van der Waals surface area contributed by atoms with E-state index in [2.05, 4.69) is 22.4 Å². The molecule has 2 aliphatic heterocycles. The number of piperidine rings is 1. The van der Waals surface area contributed by atoms with Gasteiger partial charge in [-0.15, -0.1) is 0 Å². The average Bonchev–Trinajstić information content (AvgIpc) is 2.95. The molecule has 1 aromatic rings. The van der Waals surface area contributed by atoms with Crippen LogP contribution in [0.4, 0.5) is 8.78 Å². The lowest BCUT2D eigenvalue weighted by Gasteiger charge is -2.36. The first-order valence-electron chi connectivity index (χ1n) is 6.90. The van der Waals surface area contributed by atoms with Crippen molar-refractivity contribution in [3.63, 3.8) is 0 Å². The molecule has 2 fully saturated rings. The normalized spacial score (nSPS) is 29.9. The molecule has 2 aliphatic rings. The van der Waals surface area contributed by atoms with E-state index in [1.54, 1.807) is 0 Å². The third-order valence-electron chi connectivity index (χ3n) is 4.47. The van der Waals surface area contributed by atoms with Crippen LogP contribution in [0.2, 0.25) is 0 Å². The second-order valence-electron chi connectivity index (χ2n) is 5.65. The molecule has 0 spiro atoms. The minimum Gasteiger partial charge on any atom is -0.348 e. The summed E-state index contributed by atoms with van der Waals surface area (Å²) >= 11 is 0. The Bertz CT molecular complexity index is 490. The number of halogens is 2. The summed E-state index contributed by atoms with van der Waals surface area (Å²) in [7, 11) is 2.13. The molecule has 3 rings (SSSR count). The molecule has 0 radical (unpaired) electrons. The van der Waals surface area contributed by atoms with Gasteiger partial charge >= 0.3 is 6.55 Å². The second kappa shape index (κ2) is 5.12. The Labute approximate surface area is 115 Å². The van der Waals surface area contributed by atoms with Crippen LogP contribution in [0, 0.1) is 0 Å². The monoisotopic (exact) mass is 284 g/mol. The molecule has 5 nitrogen and oxygen atoms in total. The van der Waals surface area contributed by atoms with E-state index in [1.807, 2.05) is 0 Å². The SMILES string of the molecule is CN1[C@@H]2CC[C@@H]1CC(NC(=O)c1ccn(C(F)F)n1)C2. The molecule has 2 bridgehead atoms. The average molecular weight is 284 g/mol. The van der Waals surface area contributed by atoms with E-state index >= 15 is 0 Å².